The highest BCUT2D eigenvalue weighted by molar-refractivity contribution is 5.76. The van der Waals surface area contributed by atoms with Crippen molar-refractivity contribution in [3.63, 3.8) is 0 Å². The largest absolute Gasteiger partial charge is 0.394 e. The molecule has 0 spiro atoms. The van der Waals surface area contributed by atoms with Crippen LogP contribution in [0, 0.1) is 0 Å². The maximum Gasteiger partial charge on any atom is 0.220 e. The lowest BCUT2D eigenvalue weighted by molar-refractivity contribution is -0.359. The lowest BCUT2D eigenvalue weighted by atomic mass is 9.97. The van der Waals surface area contributed by atoms with Gasteiger partial charge in [0.1, 0.15) is 48.8 Å². The van der Waals surface area contributed by atoms with Crippen LogP contribution in [0.1, 0.15) is 239 Å². The fourth-order valence-corrected chi connectivity index (χ4v) is 9.82. The van der Waals surface area contributed by atoms with Gasteiger partial charge in [-0.25, -0.2) is 0 Å². The summed E-state index contributed by atoms with van der Waals surface area (Å²) in [7, 11) is 0. The first-order valence-electron chi connectivity index (χ1n) is 30.4. The monoisotopic (exact) mass is 1070 g/mol. The van der Waals surface area contributed by atoms with Gasteiger partial charge in [-0.15, -0.1) is 0 Å². The van der Waals surface area contributed by atoms with Crippen LogP contribution in [0.4, 0.5) is 0 Å². The molecule has 2 fully saturated rings. The van der Waals surface area contributed by atoms with Crippen LogP contribution in [0.3, 0.4) is 0 Å². The molecule has 0 saturated carbocycles. The van der Waals surface area contributed by atoms with Crippen LogP contribution in [-0.4, -0.2) is 140 Å². The second kappa shape index (κ2) is 46.8. The average Bonchev–Trinajstić information content (AvgIpc) is 3.41. The summed E-state index contributed by atoms with van der Waals surface area (Å²) >= 11 is 0. The predicted octanol–water partition coefficient (Wildman–Crippen LogP) is 10.4. The number of ether oxygens (including phenoxy) is 4. The SMILES string of the molecule is CCC/C=C\C/C=C\CCCCCCCC(=O)NC(COC1OC(CO)C(OC2OC(CO)C(O)C(O)C2O)C(O)C1O)C(O)/C=C/CC/C=C/CCCCCCCCCCCCCCCCCCCCCCCC. The van der Waals surface area contributed by atoms with Gasteiger partial charge in [0.05, 0.1) is 32.0 Å². The highest BCUT2D eigenvalue weighted by Gasteiger charge is 2.51. The van der Waals surface area contributed by atoms with E-state index >= 15 is 0 Å². The van der Waals surface area contributed by atoms with Gasteiger partial charge in [-0.1, -0.05) is 223 Å². The molecular formula is C61H111NO13. The van der Waals surface area contributed by atoms with Crippen molar-refractivity contribution >= 4 is 5.91 Å². The number of aliphatic hydroxyl groups is 8. The van der Waals surface area contributed by atoms with E-state index in [2.05, 4.69) is 55.6 Å². The zero-order valence-corrected chi connectivity index (χ0v) is 47.0. The molecule has 0 aromatic rings. The van der Waals surface area contributed by atoms with Gasteiger partial charge in [-0.05, 0) is 57.8 Å². The Morgan fingerprint density at radius 3 is 1.44 bits per heavy atom. The third kappa shape index (κ3) is 32.6. The Bertz CT molecular complexity index is 1440. The first kappa shape index (κ1) is 69.1. The minimum Gasteiger partial charge on any atom is -0.394 e. The minimum absolute atomic E-state index is 0.256. The van der Waals surface area contributed by atoms with Crippen molar-refractivity contribution in [2.75, 3.05) is 19.8 Å². The third-order valence-electron chi connectivity index (χ3n) is 14.7. The number of aliphatic hydroxyl groups excluding tert-OH is 8. The first-order chi connectivity index (χ1) is 36.6. The Labute approximate surface area is 454 Å². The lowest BCUT2D eigenvalue weighted by Gasteiger charge is -2.46. The number of hydrogen-bond donors (Lipinski definition) is 9. The Hall–Kier alpha value is -2.05. The number of hydrogen-bond acceptors (Lipinski definition) is 13. The molecule has 0 bridgehead atoms. The molecule has 2 heterocycles. The van der Waals surface area contributed by atoms with E-state index in [1.165, 1.54) is 141 Å². The molecule has 1 amide bonds. The topological polar surface area (TPSA) is 228 Å². The zero-order valence-electron chi connectivity index (χ0n) is 47.0. The van der Waals surface area contributed by atoms with Crippen molar-refractivity contribution in [3.8, 4) is 0 Å². The second-order valence-corrected chi connectivity index (χ2v) is 21.5. The third-order valence-corrected chi connectivity index (χ3v) is 14.7. The number of carbonyl (C=O) groups is 1. The molecule has 0 aliphatic carbocycles. The molecule has 9 N–H and O–H groups in total. The number of nitrogens with one attached hydrogen (secondary N) is 1. The van der Waals surface area contributed by atoms with E-state index in [0.29, 0.717) is 12.8 Å². The van der Waals surface area contributed by atoms with E-state index in [1.54, 1.807) is 6.08 Å². The maximum absolute atomic E-state index is 13.2. The van der Waals surface area contributed by atoms with Crippen LogP contribution < -0.4 is 5.32 Å². The predicted molar refractivity (Wildman–Crippen MR) is 300 cm³/mol. The summed E-state index contributed by atoms with van der Waals surface area (Å²) in [6.07, 6.45) is 41.8. The van der Waals surface area contributed by atoms with Gasteiger partial charge in [0, 0.05) is 6.42 Å². The van der Waals surface area contributed by atoms with Crippen LogP contribution in [0.15, 0.2) is 48.6 Å². The van der Waals surface area contributed by atoms with Gasteiger partial charge >= 0.3 is 0 Å². The highest BCUT2D eigenvalue weighted by atomic mass is 16.7. The van der Waals surface area contributed by atoms with E-state index < -0.39 is 86.8 Å². The Kier molecular flexibility index (Phi) is 43.1. The quantitative estimate of drug-likeness (QED) is 0.0204. The molecule has 0 radical (unpaired) electrons. The van der Waals surface area contributed by atoms with Crippen molar-refractivity contribution in [3.05, 3.63) is 48.6 Å². The molecule has 2 saturated heterocycles. The fraction of sp³-hybridized carbons (Fsp3) is 0.852. The van der Waals surface area contributed by atoms with Gasteiger partial charge < -0.3 is 65.1 Å². The summed E-state index contributed by atoms with van der Waals surface area (Å²) in [6.45, 7) is 2.71. The van der Waals surface area contributed by atoms with E-state index in [4.69, 9.17) is 18.9 Å². The van der Waals surface area contributed by atoms with Crippen LogP contribution in [0.25, 0.3) is 0 Å². The molecule has 0 aromatic heterocycles. The molecule has 438 valence electrons. The number of amides is 1. The molecule has 12 atom stereocenters. The normalized spacial score (nSPS) is 25.4. The number of carbonyl (C=O) groups excluding carboxylic acids is 1. The van der Waals surface area contributed by atoms with Crippen LogP contribution in [0.2, 0.25) is 0 Å². The zero-order chi connectivity index (χ0) is 54.6. The minimum atomic E-state index is -1.79. The van der Waals surface area contributed by atoms with Gasteiger partial charge in [0.25, 0.3) is 0 Å². The van der Waals surface area contributed by atoms with Gasteiger partial charge in [0.2, 0.25) is 5.91 Å². The van der Waals surface area contributed by atoms with E-state index in [-0.39, 0.29) is 18.9 Å². The van der Waals surface area contributed by atoms with Crippen molar-refractivity contribution in [2.24, 2.45) is 0 Å². The Morgan fingerprint density at radius 1 is 0.480 bits per heavy atom. The van der Waals surface area contributed by atoms with Crippen LogP contribution in [-0.2, 0) is 23.7 Å². The van der Waals surface area contributed by atoms with Crippen LogP contribution >= 0.6 is 0 Å². The van der Waals surface area contributed by atoms with E-state index in [0.717, 1.165) is 64.2 Å². The molecule has 14 heteroatoms. The summed E-state index contributed by atoms with van der Waals surface area (Å²) in [6, 6.07) is -0.939. The average molecular weight is 1070 g/mol. The van der Waals surface area contributed by atoms with Crippen molar-refractivity contribution in [2.45, 2.75) is 312 Å². The van der Waals surface area contributed by atoms with Gasteiger partial charge in [-0.2, -0.15) is 0 Å². The summed E-state index contributed by atoms with van der Waals surface area (Å²) in [4.78, 5) is 13.2. The molecule has 75 heavy (non-hydrogen) atoms. The fourth-order valence-electron chi connectivity index (χ4n) is 9.82. The smallest absolute Gasteiger partial charge is 0.220 e. The van der Waals surface area contributed by atoms with Crippen molar-refractivity contribution in [1.82, 2.24) is 5.32 Å². The highest BCUT2D eigenvalue weighted by Crippen LogP contribution is 2.30. The molecule has 12 unspecified atom stereocenters. The van der Waals surface area contributed by atoms with Gasteiger partial charge in [0.15, 0.2) is 12.6 Å². The summed E-state index contributed by atoms with van der Waals surface area (Å²) in [5, 5.41) is 87.0. The van der Waals surface area contributed by atoms with Gasteiger partial charge in [-0.3, -0.25) is 4.79 Å². The number of unbranched alkanes of at least 4 members (excludes halogenated alkanes) is 29. The van der Waals surface area contributed by atoms with Crippen LogP contribution in [0.5, 0.6) is 0 Å². The van der Waals surface area contributed by atoms with Crippen molar-refractivity contribution in [1.29, 1.82) is 0 Å². The maximum atomic E-state index is 13.2. The summed E-state index contributed by atoms with van der Waals surface area (Å²) < 4.78 is 22.7. The number of allylic oxidation sites excluding steroid dienone is 7. The molecule has 0 aromatic carbocycles. The number of rotatable bonds is 48. The molecular weight excluding hydrogens is 955 g/mol. The molecule has 2 aliphatic heterocycles. The summed E-state index contributed by atoms with van der Waals surface area (Å²) in [5.74, 6) is -0.264. The van der Waals surface area contributed by atoms with E-state index in [1.807, 2.05) is 6.08 Å². The molecule has 14 nitrogen and oxygen atoms in total. The van der Waals surface area contributed by atoms with E-state index in [9.17, 15) is 45.6 Å². The second-order valence-electron chi connectivity index (χ2n) is 21.5. The Morgan fingerprint density at radius 2 is 0.920 bits per heavy atom. The molecule has 2 rings (SSSR count). The standard InChI is InChI=1S/C61H111NO13/c1-3-5-7-9-11-13-15-17-18-19-20-21-22-23-24-25-26-27-28-29-30-31-33-34-36-38-40-42-44-50(65)49(62-53(66)45-43-41-39-37-35-32-16-14-12-10-8-6-4-2)48-72-60-58(71)56(69)59(52(47-64)74-60)75-61-57(70)55(68)54(67)51(46-63)73-61/h8,10,14,16,34,36,42,44,49-52,54-61,63-65,67-71H,3-7,9,11-13,15,17-33,35,37-41,43,45-48H2,1-2H3,(H,62,66)/b10-8-,16-14-,36-34+,44-42+. The summed E-state index contributed by atoms with van der Waals surface area (Å²) in [5.41, 5.74) is 0. The Balaban J connectivity index is 1.73. The molecule has 2 aliphatic rings. The lowest BCUT2D eigenvalue weighted by Crippen LogP contribution is -2.65. The van der Waals surface area contributed by atoms with Crippen molar-refractivity contribution < 1.29 is 64.6 Å². The first-order valence-corrected chi connectivity index (χ1v) is 30.4.